The Morgan fingerprint density at radius 2 is 1.90 bits per heavy atom. The van der Waals surface area contributed by atoms with Crippen LogP contribution in [0.15, 0.2) is 24.3 Å². The minimum atomic E-state index is -0.0907. The number of nitrogens with one attached hydrogen (secondary N) is 4. The fourth-order valence-electron chi connectivity index (χ4n) is 1.52. The fourth-order valence-corrected chi connectivity index (χ4v) is 1.68. The quantitative estimate of drug-likeness (QED) is 0.438. The summed E-state index contributed by atoms with van der Waals surface area (Å²) < 4.78 is 5.36. The van der Waals surface area contributed by atoms with Gasteiger partial charge in [0, 0.05) is 5.69 Å². The van der Waals surface area contributed by atoms with Gasteiger partial charge in [-0.1, -0.05) is 0 Å². The smallest absolute Gasteiger partial charge is 0.244 e. The molecular weight excluding hydrogens is 288 g/mol. The number of anilines is 1. The summed E-state index contributed by atoms with van der Waals surface area (Å²) in [6.07, 6.45) is 0.445. The lowest BCUT2D eigenvalue weighted by molar-refractivity contribution is -0.857. The molecule has 0 heterocycles. The molecule has 0 fully saturated rings. The van der Waals surface area contributed by atoms with Crippen LogP contribution in [0.2, 0.25) is 0 Å². The molecule has 1 amide bonds. The van der Waals surface area contributed by atoms with Crippen LogP contribution in [0.1, 0.15) is 13.3 Å². The van der Waals surface area contributed by atoms with E-state index in [1.54, 1.807) is 0 Å². The highest BCUT2D eigenvalue weighted by molar-refractivity contribution is 7.80. The predicted molar refractivity (Wildman–Crippen MR) is 87.4 cm³/mol. The first-order chi connectivity index (χ1) is 10.0. The predicted octanol–water partition coefficient (Wildman–Crippen LogP) is -0.0625. The van der Waals surface area contributed by atoms with Gasteiger partial charge < -0.3 is 15.0 Å². The Bertz CT molecular complexity index is 463. The lowest BCUT2D eigenvalue weighted by atomic mass is 10.3. The molecule has 0 saturated heterocycles. The molecule has 0 bridgehead atoms. The van der Waals surface area contributed by atoms with Crippen LogP contribution < -0.4 is 25.8 Å². The molecule has 1 aromatic rings. The van der Waals surface area contributed by atoms with Crippen molar-refractivity contribution in [3.63, 3.8) is 0 Å². The Kier molecular flexibility index (Phi) is 7.49. The van der Waals surface area contributed by atoms with Crippen molar-refractivity contribution in [2.75, 3.05) is 32.6 Å². The summed E-state index contributed by atoms with van der Waals surface area (Å²) in [5.41, 5.74) is 6.06. The van der Waals surface area contributed by atoms with Gasteiger partial charge in [0.2, 0.25) is 5.91 Å². The first kappa shape index (κ1) is 17.2. The number of carbonyl (C=O) groups is 1. The largest absolute Gasteiger partial charge is 0.494 e. The van der Waals surface area contributed by atoms with Gasteiger partial charge in [-0.25, -0.2) is 0 Å². The third kappa shape index (κ3) is 7.48. The number of quaternary nitrogens is 1. The molecule has 7 heteroatoms. The molecule has 0 aliphatic heterocycles. The van der Waals surface area contributed by atoms with E-state index in [0.29, 0.717) is 18.1 Å². The maximum Gasteiger partial charge on any atom is 0.244 e. The molecule has 6 nitrogen and oxygen atoms in total. The molecule has 21 heavy (non-hydrogen) atoms. The highest BCUT2D eigenvalue weighted by Gasteiger charge is 2.04. The third-order valence-electron chi connectivity index (χ3n) is 2.59. The van der Waals surface area contributed by atoms with Gasteiger partial charge >= 0.3 is 0 Å². The Hall–Kier alpha value is -1.86. The fraction of sp³-hybridized carbons (Fsp3) is 0.429. The normalized spacial score (nSPS) is 10.1. The molecule has 116 valence electrons. The number of rotatable bonds is 6. The summed E-state index contributed by atoms with van der Waals surface area (Å²) in [4.78, 5) is 12.8. The van der Waals surface area contributed by atoms with E-state index in [-0.39, 0.29) is 5.91 Å². The van der Waals surface area contributed by atoms with Crippen LogP contribution in [-0.2, 0) is 4.79 Å². The zero-order valence-corrected chi connectivity index (χ0v) is 13.5. The Morgan fingerprint density at radius 3 is 2.48 bits per heavy atom. The number of carbonyl (C=O) groups excluding carboxylic acids is 1. The van der Waals surface area contributed by atoms with Crippen molar-refractivity contribution in [2.45, 2.75) is 13.3 Å². The first-order valence-electron chi connectivity index (χ1n) is 6.89. The molecule has 0 radical (unpaired) electrons. The molecule has 0 aliphatic rings. The van der Waals surface area contributed by atoms with Crippen LogP contribution in [0.3, 0.4) is 0 Å². The van der Waals surface area contributed by atoms with Crippen molar-refractivity contribution in [1.82, 2.24) is 10.9 Å². The lowest BCUT2D eigenvalue weighted by Crippen LogP contribution is -3.05. The summed E-state index contributed by atoms with van der Waals surface area (Å²) >= 11 is 5.10. The SMILES string of the molecule is CCOc1ccc(NC(=S)NNC(=O)CC[NH+](C)C)cc1. The van der Waals surface area contributed by atoms with E-state index in [2.05, 4.69) is 16.2 Å². The molecule has 0 atom stereocenters. The number of benzene rings is 1. The van der Waals surface area contributed by atoms with Crippen molar-refractivity contribution in [1.29, 1.82) is 0 Å². The van der Waals surface area contributed by atoms with Gasteiger partial charge in [0.05, 0.1) is 33.7 Å². The second kappa shape index (κ2) is 9.15. The van der Waals surface area contributed by atoms with E-state index < -0.39 is 0 Å². The zero-order valence-electron chi connectivity index (χ0n) is 12.7. The van der Waals surface area contributed by atoms with Gasteiger partial charge in [-0.15, -0.1) is 0 Å². The number of hydrogen-bond donors (Lipinski definition) is 4. The zero-order chi connectivity index (χ0) is 15.7. The standard InChI is InChI=1S/C14H22N4O2S/c1-4-20-12-7-5-11(6-8-12)15-14(21)17-16-13(19)9-10-18(2)3/h5-8H,4,9-10H2,1-3H3,(H,16,19)(H2,15,17,21)/p+1. The average Bonchev–Trinajstić information content (AvgIpc) is 2.45. The molecular formula is C14H23N4O2S+. The van der Waals surface area contributed by atoms with E-state index in [4.69, 9.17) is 17.0 Å². The number of ether oxygens (including phenoxy) is 1. The van der Waals surface area contributed by atoms with Crippen molar-refractivity contribution in [2.24, 2.45) is 0 Å². The van der Waals surface area contributed by atoms with Crippen molar-refractivity contribution >= 4 is 28.9 Å². The van der Waals surface area contributed by atoms with Gasteiger partial charge in [-0.3, -0.25) is 15.6 Å². The van der Waals surface area contributed by atoms with Crippen LogP contribution in [-0.4, -0.2) is 38.3 Å². The van der Waals surface area contributed by atoms with Crippen LogP contribution in [0.25, 0.3) is 0 Å². The van der Waals surface area contributed by atoms with E-state index in [0.717, 1.165) is 18.0 Å². The topological polar surface area (TPSA) is 66.8 Å². The molecule has 1 aromatic carbocycles. The Morgan fingerprint density at radius 1 is 1.24 bits per heavy atom. The summed E-state index contributed by atoms with van der Waals surface area (Å²) in [5.74, 6) is 0.716. The monoisotopic (exact) mass is 311 g/mol. The molecule has 0 saturated carbocycles. The second-order valence-corrected chi connectivity index (χ2v) is 5.20. The molecule has 0 aromatic heterocycles. The van der Waals surface area contributed by atoms with Crippen molar-refractivity contribution < 1.29 is 14.4 Å². The minimum absolute atomic E-state index is 0.0907. The first-order valence-corrected chi connectivity index (χ1v) is 7.29. The maximum atomic E-state index is 11.5. The lowest BCUT2D eigenvalue weighted by Gasteiger charge is -2.12. The van der Waals surface area contributed by atoms with Crippen LogP contribution >= 0.6 is 12.2 Å². The van der Waals surface area contributed by atoms with E-state index in [1.807, 2.05) is 45.3 Å². The third-order valence-corrected chi connectivity index (χ3v) is 2.79. The molecule has 4 N–H and O–H groups in total. The van der Waals surface area contributed by atoms with E-state index in [9.17, 15) is 4.79 Å². The van der Waals surface area contributed by atoms with E-state index >= 15 is 0 Å². The molecule has 0 unspecified atom stereocenters. The highest BCUT2D eigenvalue weighted by atomic mass is 32.1. The van der Waals surface area contributed by atoms with Gasteiger partial charge in [0.15, 0.2) is 5.11 Å². The average molecular weight is 311 g/mol. The second-order valence-electron chi connectivity index (χ2n) is 4.79. The summed E-state index contributed by atoms with van der Waals surface area (Å²) in [7, 11) is 4.00. The highest BCUT2D eigenvalue weighted by Crippen LogP contribution is 2.15. The summed E-state index contributed by atoms with van der Waals surface area (Å²) in [5, 5.41) is 3.31. The van der Waals surface area contributed by atoms with Gasteiger partial charge in [-0.05, 0) is 43.4 Å². The maximum absolute atomic E-state index is 11.5. The van der Waals surface area contributed by atoms with Crippen LogP contribution in [0, 0.1) is 0 Å². The molecule has 0 aliphatic carbocycles. The van der Waals surface area contributed by atoms with Crippen LogP contribution in [0.4, 0.5) is 5.69 Å². The van der Waals surface area contributed by atoms with Crippen molar-refractivity contribution in [3.05, 3.63) is 24.3 Å². The minimum Gasteiger partial charge on any atom is -0.494 e. The van der Waals surface area contributed by atoms with Gasteiger partial charge in [0.1, 0.15) is 5.75 Å². The Labute approximate surface area is 130 Å². The van der Waals surface area contributed by atoms with Gasteiger partial charge in [0.25, 0.3) is 0 Å². The Balaban J connectivity index is 2.31. The summed E-state index contributed by atoms with van der Waals surface area (Å²) in [6, 6.07) is 7.42. The molecule has 1 rings (SSSR count). The summed E-state index contributed by atoms with van der Waals surface area (Å²) in [6.45, 7) is 3.34. The van der Waals surface area contributed by atoms with Crippen LogP contribution in [0.5, 0.6) is 5.75 Å². The number of thiocarbonyl (C=S) groups is 1. The van der Waals surface area contributed by atoms with E-state index in [1.165, 1.54) is 4.90 Å². The molecule has 0 spiro atoms. The van der Waals surface area contributed by atoms with Crippen molar-refractivity contribution in [3.8, 4) is 5.75 Å². The number of hydrazine groups is 1. The number of amides is 1. The van der Waals surface area contributed by atoms with Gasteiger partial charge in [-0.2, -0.15) is 0 Å². The number of hydrogen-bond acceptors (Lipinski definition) is 3.